The predicted octanol–water partition coefficient (Wildman–Crippen LogP) is 2.51. The van der Waals surface area contributed by atoms with Crippen molar-refractivity contribution in [1.29, 1.82) is 0 Å². The third-order valence-electron chi connectivity index (χ3n) is 3.06. The molecule has 0 aliphatic rings. The number of aryl methyl sites for hydroxylation is 3. The van der Waals surface area contributed by atoms with Crippen LogP contribution in [-0.4, -0.2) is 21.3 Å². The van der Waals surface area contributed by atoms with E-state index >= 15 is 0 Å². The smallest absolute Gasteiger partial charge is 0.319 e. The molecule has 0 aliphatic heterocycles. The largest absolute Gasteiger partial charge is 0.359 e. The van der Waals surface area contributed by atoms with Gasteiger partial charge in [0.2, 0.25) is 5.89 Å². The lowest BCUT2D eigenvalue weighted by molar-refractivity contribution is 0.247. The fourth-order valence-corrected chi connectivity index (χ4v) is 1.93. The van der Waals surface area contributed by atoms with E-state index in [4.69, 9.17) is 9.05 Å². The maximum absolute atomic E-state index is 12.1. The van der Waals surface area contributed by atoms with Crippen LogP contribution in [0.1, 0.15) is 49.5 Å². The molecule has 0 saturated carbocycles. The van der Waals surface area contributed by atoms with Crippen LogP contribution in [0.25, 0.3) is 0 Å². The van der Waals surface area contributed by atoms with Gasteiger partial charge in [0.1, 0.15) is 11.4 Å². The second-order valence-electron chi connectivity index (χ2n) is 4.65. The van der Waals surface area contributed by atoms with E-state index in [2.05, 4.69) is 25.9 Å². The maximum atomic E-state index is 12.1. The first-order valence-electron chi connectivity index (χ1n) is 6.88. The van der Waals surface area contributed by atoms with Gasteiger partial charge in [-0.25, -0.2) is 4.79 Å². The van der Waals surface area contributed by atoms with E-state index < -0.39 is 0 Å². The summed E-state index contributed by atoms with van der Waals surface area (Å²) in [6.45, 7) is 7.34. The van der Waals surface area contributed by atoms with E-state index in [1.807, 2.05) is 13.8 Å². The molecule has 0 fully saturated rings. The van der Waals surface area contributed by atoms with Gasteiger partial charge in [-0.1, -0.05) is 24.2 Å². The van der Waals surface area contributed by atoms with Crippen molar-refractivity contribution in [2.45, 2.75) is 46.6 Å². The summed E-state index contributed by atoms with van der Waals surface area (Å²) in [5.74, 6) is 1.57. The lowest BCUT2D eigenvalue weighted by Gasteiger charge is -2.13. The Hall–Kier alpha value is -2.38. The van der Waals surface area contributed by atoms with Crippen LogP contribution in [-0.2, 0) is 6.42 Å². The van der Waals surface area contributed by atoms with Crippen molar-refractivity contribution in [2.75, 3.05) is 5.32 Å². The molecule has 2 N–H and O–H groups in total. The van der Waals surface area contributed by atoms with Crippen molar-refractivity contribution in [2.24, 2.45) is 0 Å². The highest BCUT2D eigenvalue weighted by Crippen LogP contribution is 2.21. The lowest BCUT2D eigenvalue weighted by Crippen LogP contribution is -2.33. The Morgan fingerprint density at radius 1 is 1.24 bits per heavy atom. The first-order valence-corrected chi connectivity index (χ1v) is 6.88. The van der Waals surface area contributed by atoms with Crippen LogP contribution >= 0.6 is 0 Å². The molecule has 2 aromatic rings. The number of amides is 2. The number of hydrogen-bond acceptors (Lipinski definition) is 6. The summed E-state index contributed by atoms with van der Waals surface area (Å²) >= 11 is 0. The van der Waals surface area contributed by atoms with Crippen LogP contribution in [0.5, 0.6) is 0 Å². The van der Waals surface area contributed by atoms with Gasteiger partial charge in [0.15, 0.2) is 11.6 Å². The number of hydrogen-bond donors (Lipinski definition) is 2. The minimum Gasteiger partial charge on any atom is -0.359 e. The first-order chi connectivity index (χ1) is 10.0. The summed E-state index contributed by atoms with van der Waals surface area (Å²) in [5.41, 5.74) is 1.25. The van der Waals surface area contributed by atoms with Gasteiger partial charge >= 0.3 is 6.03 Å². The second kappa shape index (κ2) is 6.38. The molecule has 2 rings (SSSR count). The summed E-state index contributed by atoms with van der Waals surface area (Å²) < 4.78 is 10.1. The van der Waals surface area contributed by atoms with Crippen molar-refractivity contribution < 1.29 is 13.8 Å². The Morgan fingerprint density at radius 2 is 2.00 bits per heavy atom. The van der Waals surface area contributed by atoms with Crippen LogP contribution in [0.2, 0.25) is 0 Å². The van der Waals surface area contributed by atoms with E-state index in [0.29, 0.717) is 41.7 Å². The molecule has 1 unspecified atom stereocenters. The molecule has 21 heavy (non-hydrogen) atoms. The molecule has 0 radical (unpaired) electrons. The monoisotopic (exact) mass is 293 g/mol. The summed E-state index contributed by atoms with van der Waals surface area (Å²) in [6.07, 6.45) is 1.30. The molecular weight excluding hydrogens is 274 g/mol. The molecule has 8 nitrogen and oxygen atoms in total. The van der Waals surface area contributed by atoms with Gasteiger partial charge in [-0.05, 0) is 13.3 Å². The molecule has 1 atom stereocenters. The highest BCUT2D eigenvalue weighted by atomic mass is 16.5. The van der Waals surface area contributed by atoms with E-state index in [-0.39, 0.29) is 12.1 Å². The average Bonchev–Trinajstić information content (AvgIpc) is 3.03. The van der Waals surface area contributed by atoms with Crippen molar-refractivity contribution in [3.63, 3.8) is 0 Å². The fourth-order valence-electron chi connectivity index (χ4n) is 1.93. The van der Waals surface area contributed by atoms with E-state index in [1.54, 1.807) is 13.8 Å². The van der Waals surface area contributed by atoms with Gasteiger partial charge in [0.05, 0.1) is 6.04 Å². The van der Waals surface area contributed by atoms with E-state index in [0.717, 1.165) is 0 Å². The molecule has 0 bridgehead atoms. The molecule has 8 heteroatoms. The number of nitrogens with one attached hydrogen (secondary N) is 2. The highest BCUT2D eigenvalue weighted by Gasteiger charge is 2.20. The van der Waals surface area contributed by atoms with Gasteiger partial charge < -0.3 is 19.7 Å². The van der Waals surface area contributed by atoms with Gasteiger partial charge in [0.25, 0.3) is 0 Å². The molecule has 114 valence electrons. The molecule has 2 aromatic heterocycles. The number of anilines is 1. The third kappa shape index (κ3) is 3.39. The number of rotatable bonds is 5. The van der Waals surface area contributed by atoms with E-state index in [1.165, 1.54) is 0 Å². The number of aromatic nitrogens is 3. The first kappa shape index (κ1) is 15.0. The van der Waals surface area contributed by atoms with Gasteiger partial charge in [-0.15, -0.1) is 0 Å². The van der Waals surface area contributed by atoms with Crippen LogP contribution in [0.15, 0.2) is 9.05 Å². The number of nitrogens with zero attached hydrogens (tertiary/aromatic N) is 3. The maximum Gasteiger partial charge on any atom is 0.319 e. The molecule has 0 aliphatic carbocycles. The minimum absolute atomic E-state index is 0.312. The average molecular weight is 293 g/mol. The van der Waals surface area contributed by atoms with Crippen molar-refractivity contribution in [1.82, 2.24) is 20.6 Å². The SMILES string of the molecule is CCc1onc(C)c1NC(=O)NC(CC)c1noc(C)n1. The topological polar surface area (TPSA) is 106 Å². The minimum atomic E-state index is -0.356. The standard InChI is InChI=1S/C13H19N5O3/c1-5-9(12-14-8(4)20-18-12)15-13(19)16-11-7(3)17-21-10(11)6-2/h9H,5-6H2,1-4H3,(H2,15,16,19). The molecular formula is C13H19N5O3. The van der Waals surface area contributed by atoms with Crippen molar-refractivity contribution in [3.05, 3.63) is 23.2 Å². The van der Waals surface area contributed by atoms with Crippen LogP contribution in [0, 0.1) is 13.8 Å². The van der Waals surface area contributed by atoms with E-state index in [9.17, 15) is 4.79 Å². The number of carbonyl (C=O) groups excluding carboxylic acids is 1. The zero-order valence-corrected chi connectivity index (χ0v) is 12.6. The van der Waals surface area contributed by atoms with Crippen LogP contribution in [0.3, 0.4) is 0 Å². The van der Waals surface area contributed by atoms with Gasteiger partial charge in [-0.2, -0.15) is 4.98 Å². The predicted molar refractivity (Wildman–Crippen MR) is 74.8 cm³/mol. The quantitative estimate of drug-likeness (QED) is 0.877. The summed E-state index contributed by atoms with van der Waals surface area (Å²) in [7, 11) is 0. The summed E-state index contributed by atoms with van der Waals surface area (Å²) in [6, 6.07) is -0.669. The Bertz CT molecular complexity index is 619. The summed E-state index contributed by atoms with van der Waals surface area (Å²) in [4.78, 5) is 16.2. The Kier molecular flexibility index (Phi) is 4.56. The Morgan fingerprint density at radius 3 is 2.57 bits per heavy atom. The van der Waals surface area contributed by atoms with Crippen molar-refractivity contribution >= 4 is 11.7 Å². The van der Waals surface area contributed by atoms with Crippen molar-refractivity contribution in [3.8, 4) is 0 Å². The molecule has 0 aromatic carbocycles. The zero-order valence-electron chi connectivity index (χ0n) is 12.6. The normalized spacial score (nSPS) is 12.2. The fraction of sp³-hybridized carbons (Fsp3) is 0.538. The van der Waals surface area contributed by atoms with Gasteiger partial charge in [-0.3, -0.25) is 0 Å². The van der Waals surface area contributed by atoms with Crippen LogP contribution < -0.4 is 10.6 Å². The number of carbonyl (C=O) groups is 1. The molecule has 0 spiro atoms. The highest BCUT2D eigenvalue weighted by molar-refractivity contribution is 5.90. The molecule has 0 saturated heterocycles. The zero-order chi connectivity index (χ0) is 15.4. The number of urea groups is 1. The Balaban J connectivity index is 2.05. The molecule has 2 amide bonds. The summed E-state index contributed by atoms with van der Waals surface area (Å²) in [5, 5.41) is 13.2. The second-order valence-corrected chi connectivity index (χ2v) is 4.65. The third-order valence-corrected chi connectivity index (χ3v) is 3.06. The molecule has 2 heterocycles. The van der Waals surface area contributed by atoms with Gasteiger partial charge in [0, 0.05) is 13.3 Å². The van der Waals surface area contributed by atoms with Crippen LogP contribution in [0.4, 0.5) is 10.5 Å². The lowest BCUT2D eigenvalue weighted by atomic mass is 10.2. The Labute approximate surface area is 122 Å².